The molecule has 2 unspecified atom stereocenters. The van der Waals surface area contributed by atoms with E-state index in [-0.39, 0.29) is 41.8 Å². The number of carboxylic acids is 1. The second-order valence-electron chi connectivity index (χ2n) is 10.1. The number of ether oxygens (including phenoxy) is 1. The molecule has 5 rings (SSSR count). The molecule has 4 aromatic rings. The van der Waals surface area contributed by atoms with Crippen molar-refractivity contribution in [1.29, 1.82) is 0 Å². The Hall–Kier alpha value is -3.97. The Labute approximate surface area is 232 Å². The Kier molecular flexibility index (Phi) is 7.27. The summed E-state index contributed by atoms with van der Waals surface area (Å²) in [5.41, 5.74) is 10.4. The van der Waals surface area contributed by atoms with Crippen LogP contribution in [0.4, 0.5) is 0 Å². The minimum atomic E-state index is -3.56. The minimum Gasteiger partial charge on any atom is -0.487 e. The third kappa shape index (κ3) is 5.26. The number of hydrogen-bond donors (Lipinski definition) is 4. The lowest BCUT2D eigenvalue weighted by Gasteiger charge is -2.42. The average molecular weight is 566 g/mol. The Morgan fingerprint density at radius 1 is 1.12 bits per heavy atom. The lowest BCUT2D eigenvalue weighted by molar-refractivity contribution is -0.137. The number of nitrogens with zero attached hydrogens (tertiary/aromatic N) is 4. The second kappa shape index (κ2) is 10.5. The summed E-state index contributed by atoms with van der Waals surface area (Å²) < 4.78 is 32.1. The summed E-state index contributed by atoms with van der Waals surface area (Å²) in [5.74, 6) is -1.81. The molecule has 3 aromatic carbocycles. The first kappa shape index (κ1) is 27.6. The predicted octanol–water partition coefficient (Wildman–Crippen LogP) is 4.29. The Balaban J connectivity index is 1.53. The molecule has 2 atom stereocenters. The Bertz CT molecular complexity index is 1620. The van der Waals surface area contributed by atoms with E-state index >= 15 is 0 Å². The number of carbonyl (C=O) groups is 2. The molecule has 210 valence electrons. The van der Waals surface area contributed by atoms with Gasteiger partial charge < -0.3 is 15.6 Å². The monoisotopic (exact) mass is 565 g/mol. The van der Waals surface area contributed by atoms with Crippen molar-refractivity contribution in [2.24, 2.45) is 12.8 Å². The SMILES string of the molecule is Cc1ccc(C(CC(=O)O)c2ccc3c(c2)nnn3C)cc1CN1CC(C)Oc2ccc(C(N)=O)cc2S1(O)O. The third-order valence-electron chi connectivity index (χ3n) is 7.21. The van der Waals surface area contributed by atoms with Gasteiger partial charge in [0.25, 0.3) is 0 Å². The number of fused-ring (bicyclic) bond motifs is 2. The van der Waals surface area contributed by atoms with Crippen molar-refractivity contribution in [2.75, 3.05) is 6.54 Å². The number of primary amides is 1. The van der Waals surface area contributed by atoms with Crippen molar-refractivity contribution in [1.82, 2.24) is 19.3 Å². The first-order valence-corrected chi connectivity index (χ1v) is 14.2. The molecule has 11 nitrogen and oxygen atoms in total. The molecule has 0 saturated carbocycles. The topological polar surface area (TPSA) is 164 Å². The smallest absolute Gasteiger partial charge is 0.304 e. The first-order chi connectivity index (χ1) is 18.9. The van der Waals surface area contributed by atoms with Gasteiger partial charge in [0, 0.05) is 25.1 Å². The first-order valence-electron chi connectivity index (χ1n) is 12.7. The molecule has 0 aliphatic carbocycles. The van der Waals surface area contributed by atoms with Crippen molar-refractivity contribution < 1.29 is 28.5 Å². The van der Waals surface area contributed by atoms with Gasteiger partial charge in [-0.05, 0) is 66.4 Å². The Morgan fingerprint density at radius 3 is 2.58 bits per heavy atom. The molecular weight excluding hydrogens is 534 g/mol. The van der Waals surface area contributed by atoms with Gasteiger partial charge in [0.15, 0.2) is 0 Å². The van der Waals surface area contributed by atoms with Crippen molar-refractivity contribution in [3.05, 3.63) is 82.4 Å². The Morgan fingerprint density at radius 2 is 1.85 bits per heavy atom. The van der Waals surface area contributed by atoms with E-state index in [9.17, 15) is 23.8 Å². The average Bonchev–Trinajstić information content (AvgIpc) is 3.23. The van der Waals surface area contributed by atoms with Crippen LogP contribution in [0.5, 0.6) is 5.75 Å². The summed E-state index contributed by atoms with van der Waals surface area (Å²) in [7, 11) is -1.77. The summed E-state index contributed by atoms with van der Waals surface area (Å²) in [6, 6.07) is 15.7. The summed E-state index contributed by atoms with van der Waals surface area (Å²) in [6.45, 7) is 4.10. The number of benzene rings is 3. The maximum Gasteiger partial charge on any atom is 0.304 e. The van der Waals surface area contributed by atoms with Gasteiger partial charge in [-0.3, -0.25) is 18.7 Å². The van der Waals surface area contributed by atoms with E-state index in [0.717, 1.165) is 27.8 Å². The molecule has 0 fully saturated rings. The number of amides is 1. The fraction of sp³-hybridized carbons (Fsp3) is 0.286. The largest absolute Gasteiger partial charge is 0.487 e. The van der Waals surface area contributed by atoms with Crippen LogP contribution in [-0.2, 0) is 18.4 Å². The van der Waals surface area contributed by atoms with Gasteiger partial charge in [0.1, 0.15) is 22.3 Å². The summed E-state index contributed by atoms with van der Waals surface area (Å²) in [6.07, 6.45) is -0.518. The number of hydrogen-bond acceptors (Lipinski definition) is 8. The maximum absolute atomic E-state index is 11.9. The van der Waals surface area contributed by atoms with Crippen LogP contribution in [0.25, 0.3) is 11.0 Å². The highest BCUT2D eigenvalue weighted by atomic mass is 32.3. The van der Waals surface area contributed by atoms with E-state index in [1.165, 1.54) is 22.5 Å². The van der Waals surface area contributed by atoms with Crippen LogP contribution in [0.1, 0.15) is 51.9 Å². The van der Waals surface area contributed by atoms with Gasteiger partial charge in [-0.25, -0.2) is 4.68 Å². The van der Waals surface area contributed by atoms with E-state index < -0.39 is 28.6 Å². The molecule has 0 spiro atoms. The van der Waals surface area contributed by atoms with Crippen LogP contribution >= 0.6 is 10.8 Å². The normalized spacial score (nSPS) is 18.4. The fourth-order valence-corrected chi connectivity index (χ4v) is 6.74. The van der Waals surface area contributed by atoms with Crippen molar-refractivity contribution in [2.45, 2.75) is 43.7 Å². The van der Waals surface area contributed by atoms with Crippen molar-refractivity contribution in [3.63, 3.8) is 0 Å². The van der Waals surface area contributed by atoms with E-state index in [4.69, 9.17) is 10.5 Å². The molecular formula is C28H31N5O6S. The maximum atomic E-state index is 11.9. The van der Waals surface area contributed by atoms with E-state index in [2.05, 4.69) is 10.3 Å². The van der Waals surface area contributed by atoms with Gasteiger partial charge in [0.05, 0.1) is 18.5 Å². The molecule has 5 N–H and O–H groups in total. The molecule has 0 saturated heterocycles. The predicted molar refractivity (Wildman–Crippen MR) is 150 cm³/mol. The highest BCUT2D eigenvalue weighted by Gasteiger charge is 2.35. The molecule has 1 amide bonds. The number of carbonyl (C=O) groups excluding carboxylic acids is 1. The van der Waals surface area contributed by atoms with Crippen LogP contribution in [-0.4, -0.2) is 58.0 Å². The molecule has 12 heteroatoms. The quantitative estimate of drug-likeness (QED) is 0.256. The van der Waals surface area contributed by atoms with Gasteiger partial charge in [0.2, 0.25) is 5.91 Å². The van der Waals surface area contributed by atoms with Crippen LogP contribution in [0.15, 0.2) is 59.5 Å². The zero-order valence-corrected chi connectivity index (χ0v) is 23.1. The fourth-order valence-electron chi connectivity index (χ4n) is 5.06. The molecule has 1 aliphatic rings. The number of aliphatic carboxylic acids is 1. The summed E-state index contributed by atoms with van der Waals surface area (Å²) >= 11 is 0. The summed E-state index contributed by atoms with van der Waals surface area (Å²) in [4.78, 5) is 23.8. The third-order valence-corrected chi connectivity index (χ3v) is 9.12. The van der Waals surface area contributed by atoms with Gasteiger partial charge in [-0.15, -0.1) is 15.9 Å². The van der Waals surface area contributed by atoms with Gasteiger partial charge in [-0.2, -0.15) is 4.31 Å². The van der Waals surface area contributed by atoms with Crippen LogP contribution < -0.4 is 10.5 Å². The van der Waals surface area contributed by atoms with Gasteiger partial charge in [-0.1, -0.05) is 29.5 Å². The number of aromatic nitrogens is 3. The molecule has 2 heterocycles. The van der Waals surface area contributed by atoms with Crippen molar-refractivity contribution >= 4 is 33.7 Å². The molecule has 0 radical (unpaired) electrons. The number of aryl methyl sites for hydroxylation is 2. The highest BCUT2D eigenvalue weighted by molar-refractivity contribution is 8.22. The lowest BCUT2D eigenvalue weighted by Crippen LogP contribution is -2.33. The molecule has 40 heavy (non-hydrogen) atoms. The van der Waals surface area contributed by atoms with Crippen LogP contribution in [0.2, 0.25) is 0 Å². The number of rotatable bonds is 7. The number of carboxylic acid groups (broad SMARTS) is 1. The summed E-state index contributed by atoms with van der Waals surface area (Å²) in [5, 5.41) is 18.0. The second-order valence-corrected chi connectivity index (χ2v) is 12.1. The highest BCUT2D eigenvalue weighted by Crippen LogP contribution is 2.57. The van der Waals surface area contributed by atoms with Gasteiger partial charge >= 0.3 is 5.97 Å². The van der Waals surface area contributed by atoms with E-state index in [1.54, 1.807) is 11.7 Å². The zero-order valence-electron chi connectivity index (χ0n) is 22.3. The molecule has 1 aliphatic heterocycles. The minimum absolute atomic E-state index is 0.1000. The van der Waals surface area contributed by atoms with Crippen LogP contribution in [0, 0.1) is 6.92 Å². The van der Waals surface area contributed by atoms with Crippen molar-refractivity contribution in [3.8, 4) is 5.75 Å². The molecule has 0 bridgehead atoms. The van der Waals surface area contributed by atoms with E-state index in [0.29, 0.717) is 5.52 Å². The zero-order chi connectivity index (χ0) is 28.8. The molecule has 1 aromatic heterocycles. The van der Waals surface area contributed by atoms with E-state index in [1.807, 2.05) is 50.2 Å². The lowest BCUT2D eigenvalue weighted by atomic mass is 9.86. The number of nitrogens with two attached hydrogens (primary N) is 1. The van der Waals surface area contributed by atoms with Crippen LogP contribution in [0.3, 0.4) is 0 Å². The standard InChI is InChI=1S/C28H31N5O6S/c1-16-4-5-18(22(13-27(34)35)19-6-8-24-23(11-19)30-31-32(24)3)10-21(16)15-33-14-17(2)39-25-9-7-20(28(29)36)12-26(25)40(33,37)38/h4-12,17,22,37-38H,13-15H2,1-3H3,(H2,29,36)(H,34,35).